The van der Waals surface area contributed by atoms with Crippen molar-refractivity contribution in [3.63, 3.8) is 0 Å². The minimum atomic E-state index is -3.77. The molecule has 1 aliphatic carbocycles. The molecule has 1 aromatic rings. The summed E-state index contributed by atoms with van der Waals surface area (Å²) in [5, 5.41) is 2.87. The van der Waals surface area contributed by atoms with E-state index in [0.717, 1.165) is 38.5 Å². The van der Waals surface area contributed by atoms with Crippen molar-refractivity contribution >= 4 is 21.9 Å². The number of carbonyl (C=O) groups excluding carboxylic acids is 2. The Balaban J connectivity index is 1.52. The molecule has 0 spiro atoms. The van der Waals surface area contributed by atoms with Gasteiger partial charge in [-0.3, -0.25) is 4.79 Å². The molecular formula is C20H28N2O6S. The van der Waals surface area contributed by atoms with Gasteiger partial charge in [-0.15, -0.1) is 0 Å². The third-order valence-electron chi connectivity index (χ3n) is 5.21. The van der Waals surface area contributed by atoms with E-state index in [9.17, 15) is 18.0 Å². The second kappa shape index (κ2) is 10.2. The number of hydrogen-bond donors (Lipinski definition) is 2. The summed E-state index contributed by atoms with van der Waals surface area (Å²) in [7, 11) is -3.77. The fourth-order valence-electron chi connectivity index (χ4n) is 3.61. The van der Waals surface area contributed by atoms with Crippen molar-refractivity contribution in [2.24, 2.45) is 0 Å². The van der Waals surface area contributed by atoms with Gasteiger partial charge in [0.2, 0.25) is 10.0 Å². The van der Waals surface area contributed by atoms with Crippen molar-refractivity contribution in [3.05, 3.63) is 29.8 Å². The number of carbonyl (C=O) groups is 2. The van der Waals surface area contributed by atoms with Crippen LogP contribution in [0.1, 0.15) is 55.3 Å². The minimum Gasteiger partial charge on any atom is -0.452 e. The van der Waals surface area contributed by atoms with Gasteiger partial charge in [0.15, 0.2) is 6.61 Å². The molecule has 1 saturated carbocycles. The Morgan fingerprint density at radius 2 is 1.90 bits per heavy atom. The van der Waals surface area contributed by atoms with Gasteiger partial charge in [0, 0.05) is 19.2 Å². The zero-order chi connectivity index (χ0) is 20.7. The van der Waals surface area contributed by atoms with Gasteiger partial charge in [0.05, 0.1) is 16.6 Å². The monoisotopic (exact) mass is 424 g/mol. The first kappa shape index (κ1) is 21.7. The number of sulfonamides is 1. The third kappa shape index (κ3) is 6.52. The molecule has 0 unspecified atom stereocenters. The van der Waals surface area contributed by atoms with E-state index >= 15 is 0 Å². The molecule has 8 nitrogen and oxygen atoms in total. The maximum absolute atomic E-state index is 12.5. The lowest BCUT2D eigenvalue weighted by Gasteiger charge is -2.22. The van der Waals surface area contributed by atoms with Crippen LogP contribution >= 0.6 is 0 Å². The molecule has 2 N–H and O–H groups in total. The molecule has 1 amide bonds. The van der Waals surface area contributed by atoms with Crippen molar-refractivity contribution < 1.29 is 27.5 Å². The van der Waals surface area contributed by atoms with Gasteiger partial charge in [-0.05, 0) is 43.9 Å². The topological polar surface area (TPSA) is 111 Å². The number of hydrogen-bond acceptors (Lipinski definition) is 6. The normalized spacial score (nSPS) is 20.3. The Hall–Kier alpha value is -1.97. The highest BCUT2D eigenvalue weighted by Gasteiger charge is 2.22. The number of ether oxygens (including phenoxy) is 2. The molecule has 1 atom stereocenters. The van der Waals surface area contributed by atoms with Crippen LogP contribution in [-0.4, -0.2) is 52.2 Å². The van der Waals surface area contributed by atoms with Gasteiger partial charge < -0.3 is 14.8 Å². The Kier molecular flexibility index (Phi) is 7.63. The molecule has 2 fully saturated rings. The van der Waals surface area contributed by atoms with Crippen LogP contribution in [0.2, 0.25) is 0 Å². The number of rotatable bonds is 8. The first-order valence-corrected chi connectivity index (χ1v) is 11.6. The van der Waals surface area contributed by atoms with E-state index in [1.807, 2.05) is 0 Å². The van der Waals surface area contributed by atoms with Gasteiger partial charge in [-0.25, -0.2) is 17.9 Å². The summed E-state index contributed by atoms with van der Waals surface area (Å²) in [6.07, 6.45) is 6.86. The van der Waals surface area contributed by atoms with Crippen LogP contribution in [0.3, 0.4) is 0 Å². The first-order valence-electron chi connectivity index (χ1n) is 10.1. The van der Waals surface area contributed by atoms with Crippen LogP contribution in [0.25, 0.3) is 0 Å². The number of esters is 1. The zero-order valence-corrected chi connectivity index (χ0v) is 17.2. The Morgan fingerprint density at radius 3 is 2.62 bits per heavy atom. The molecule has 0 bridgehead atoms. The molecular weight excluding hydrogens is 396 g/mol. The van der Waals surface area contributed by atoms with E-state index in [1.165, 1.54) is 30.7 Å². The zero-order valence-electron chi connectivity index (χ0n) is 16.4. The molecule has 1 heterocycles. The van der Waals surface area contributed by atoms with E-state index in [4.69, 9.17) is 9.47 Å². The highest BCUT2D eigenvalue weighted by Crippen LogP contribution is 2.17. The summed E-state index contributed by atoms with van der Waals surface area (Å²) in [5.41, 5.74) is 0.0791. The second-order valence-corrected chi connectivity index (χ2v) is 9.26. The predicted molar refractivity (Wildman–Crippen MR) is 106 cm³/mol. The summed E-state index contributed by atoms with van der Waals surface area (Å²) in [4.78, 5) is 24.2. The average molecular weight is 425 g/mol. The Labute approximate surface area is 171 Å². The lowest BCUT2D eigenvalue weighted by Crippen LogP contribution is -2.38. The summed E-state index contributed by atoms with van der Waals surface area (Å²) in [6.45, 7) is 0.448. The number of nitrogens with one attached hydrogen (secondary N) is 2. The first-order chi connectivity index (χ1) is 13.9. The fourth-order valence-corrected chi connectivity index (χ4v) is 4.72. The van der Waals surface area contributed by atoms with Crippen molar-refractivity contribution in [3.8, 4) is 0 Å². The summed E-state index contributed by atoms with van der Waals surface area (Å²) >= 11 is 0. The van der Waals surface area contributed by atoms with Gasteiger partial charge >= 0.3 is 5.97 Å². The third-order valence-corrected chi connectivity index (χ3v) is 6.63. The maximum atomic E-state index is 12.5. The molecule has 9 heteroatoms. The SMILES string of the molecule is O=C(COC(=O)c1cccc(S(=O)(=O)NC[C@H]2CCCO2)c1)NC1CCCCC1. The summed E-state index contributed by atoms with van der Waals surface area (Å²) in [5.74, 6) is -1.08. The van der Waals surface area contributed by atoms with Crippen molar-refractivity contribution in [2.45, 2.75) is 62.0 Å². The maximum Gasteiger partial charge on any atom is 0.338 e. The second-order valence-electron chi connectivity index (χ2n) is 7.49. The molecule has 29 heavy (non-hydrogen) atoms. The number of benzene rings is 1. The largest absolute Gasteiger partial charge is 0.452 e. The summed E-state index contributed by atoms with van der Waals surface area (Å²) < 4.78 is 37.9. The van der Waals surface area contributed by atoms with Crippen LogP contribution in [0, 0.1) is 0 Å². The lowest BCUT2D eigenvalue weighted by atomic mass is 9.95. The van der Waals surface area contributed by atoms with Gasteiger partial charge in [0.1, 0.15) is 0 Å². The highest BCUT2D eigenvalue weighted by atomic mass is 32.2. The molecule has 0 aromatic heterocycles. The smallest absolute Gasteiger partial charge is 0.338 e. The van der Waals surface area contributed by atoms with Gasteiger partial charge in [-0.1, -0.05) is 25.3 Å². The van der Waals surface area contributed by atoms with Crippen LogP contribution in [0.4, 0.5) is 0 Å². The van der Waals surface area contributed by atoms with E-state index in [2.05, 4.69) is 10.0 Å². The molecule has 2 aliphatic rings. The van der Waals surface area contributed by atoms with E-state index in [0.29, 0.717) is 6.61 Å². The molecule has 0 radical (unpaired) electrons. The van der Waals surface area contributed by atoms with Gasteiger partial charge in [0.25, 0.3) is 5.91 Å². The average Bonchev–Trinajstić information content (AvgIpc) is 3.25. The molecule has 1 aromatic carbocycles. The molecule has 3 rings (SSSR count). The standard InChI is InChI=1S/C20H28N2O6S/c23-19(22-16-7-2-1-3-8-16)14-28-20(24)15-6-4-10-18(12-15)29(25,26)21-13-17-9-5-11-27-17/h4,6,10,12,16-17,21H,1-3,5,7-9,11,13-14H2,(H,22,23)/t17-/m1/s1. The minimum absolute atomic E-state index is 0.0309. The van der Waals surface area contributed by atoms with E-state index < -0.39 is 16.0 Å². The fraction of sp³-hybridized carbons (Fsp3) is 0.600. The molecule has 1 saturated heterocycles. The van der Waals surface area contributed by atoms with Crippen molar-refractivity contribution in [1.29, 1.82) is 0 Å². The van der Waals surface area contributed by atoms with Crippen LogP contribution in [0.15, 0.2) is 29.2 Å². The van der Waals surface area contributed by atoms with E-state index in [-0.39, 0.29) is 41.7 Å². The van der Waals surface area contributed by atoms with E-state index in [1.54, 1.807) is 0 Å². The van der Waals surface area contributed by atoms with Crippen LogP contribution in [-0.2, 0) is 24.3 Å². The predicted octanol–water partition coefficient (Wildman–Crippen LogP) is 1.75. The van der Waals surface area contributed by atoms with Gasteiger partial charge in [-0.2, -0.15) is 0 Å². The van der Waals surface area contributed by atoms with Crippen molar-refractivity contribution in [1.82, 2.24) is 10.0 Å². The quantitative estimate of drug-likeness (QED) is 0.615. The van der Waals surface area contributed by atoms with Crippen molar-refractivity contribution in [2.75, 3.05) is 19.8 Å². The number of amides is 1. The Bertz CT molecular complexity index is 814. The highest BCUT2D eigenvalue weighted by molar-refractivity contribution is 7.89. The van der Waals surface area contributed by atoms with Crippen LogP contribution < -0.4 is 10.0 Å². The molecule has 1 aliphatic heterocycles. The Morgan fingerprint density at radius 1 is 1.10 bits per heavy atom. The lowest BCUT2D eigenvalue weighted by molar-refractivity contribution is -0.125. The van der Waals surface area contributed by atoms with Crippen LogP contribution in [0.5, 0.6) is 0 Å². The summed E-state index contributed by atoms with van der Waals surface area (Å²) in [6, 6.07) is 5.72. The molecule has 160 valence electrons.